The molecule has 0 aliphatic heterocycles. The number of ether oxygens (including phenoxy) is 3. The molecule has 152 valence electrons. The third-order valence-corrected chi connectivity index (χ3v) is 5.06. The zero-order valence-corrected chi connectivity index (χ0v) is 17.5. The van der Waals surface area contributed by atoms with E-state index in [0.717, 1.165) is 16.9 Å². The number of thiophene rings is 1. The highest BCUT2D eigenvalue weighted by atomic mass is 32.1. The van der Waals surface area contributed by atoms with Crippen molar-refractivity contribution in [1.82, 2.24) is 0 Å². The van der Waals surface area contributed by atoms with Crippen LogP contribution in [0.3, 0.4) is 0 Å². The van der Waals surface area contributed by atoms with Crippen LogP contribution in [-0.2, 0) is 9.53 Å². The highest BCUT2D eigenvalue weighted by Gasteiger charge is 2.21. The summed E-state index contributed by atoms with van der Waals surface area (Å²) in [6.45, 7) is 5.98. The zero-order valence-electron chi connectivity index (χ0n) is 16.7. The first-order valence-electron chi connectivity index (χ1n) is 8.95. The molecule has 0 aliphatic rings. The lowest BCUT2D eigenvalue weighted by Crippen LogP contribution is -2.07. The van der Waals surface area contributed by atoms with Crippen molar-refractivity contribution in [2.45, 2.75) is 20.8 Å². The number of nitrogens with one attached hydrogen (secondary N) is 1. The summed E-state index contributed by atoms with van der Waals surface area (Å²) in [6, 6.07) is 7.34. The summed E-state index contributed by atoms with van der Waals surface area (Å²) in [5, 5.41) is 12.4. The van der Waals surface area contributed by atoms with Crippen LogP contribution in [0.1, 0.15) is 40.2 Å². The summed E-state index contributed by atoms with van der Waals surface area (Å²) in [6.07, 6.45) is 2.96. The van der Waals surface area contributed by atoms with E-state index in [4.69, 9.17) is 14.2 Å². The molecule has 0 bridgehead atoms. The summed E-state index contributed by atoms with van der Waals surface area (Å²) in [7, 11) is 1.54. The topological polar surface area (TPSA) is 97.7 Å². The lowest BCUT2D eigenvalue weighted by Gasteiger charge is -2.09. The van der Waals surface area contributed by atoms with Gasteiger partial charge >= 0.3 is 5.97 Å². The molecule has 2 aromatic rings. The molecule has 2 rings (SSSR count). The number of methoxy groups -OCH3 is 1. The first-order chi connectivity index (χ1) is 13.9. The molecule has 1 N–H and O–H groups in total. The van der Waals surface area contributed by atoms with Crippen LogP contribution in [0.4, 0.5) is 5.00 Å². The highest BCUT2D eigenvalue weighted by molar-refractivity contribution is 7.18. The molecule has 29 heavy (non-hydrogen) atoms. The molecule has 0 fully saturated rings. The SMILES string of the molecule is CCOC(=O)c1sc(NC(=O)/C=C/c2ccc(OCC)c(OC)c2)c(C#N)c1C. The smallest absolute Gasteiger partial charge is 0.348 e. The van der Waals surface area contributed by atoms with Crippen molar-refractivity contribution in [2.24, 2.45) is 0 Å². The average Bonchev–Trinajstić information content (AvgIpc) is 3.02. The van der Waals surface area contributed by atoms with E-state index in [-0.39, 0.29) is 12.2 Å². The fourth-order valence-corrected chi connectivity index (χ4v) is 3.57. The number of hydrogen-bond acceptors (Lipinski definition) is 7. The van der Waals surface area contributed by atoms with Crippen LogP contribution in [0.25, 0.3) is 6.08 Å². The van der Waals surface area contributed by atoms with E-state index in [9.17, 15) is 14.9 Å². The summed E-state index contributed by atoms with van der Waals surface area (Å²) in [5.41, 5.74) is 1.49. The largest absolute Gasteiger partial charge is 0.493 e. The Labute approximate surface area is 173 Å². The van der Waals surface area contributed by atoms with E-state index in [1.807, 2.05) is 13.0 Å². The molecule has 0 spiro atoms. The maximum absolute atomic E-state index is 12.3. The second-order valence-electron chi connectivity index (χ2n) is 5.76. The molecule has 1 aromatic heterocycles. The van der Waals surface area contributed by atoms with E-state index in [0.29, 0.717) is 33.5 Å². The van der Waals surface area contributed by atoms with E-state index in [1.54, 1.807) is 45.2 Å². The van der Waals surface area contributed by atoms with Gasteiger partial charge in [-0.15, -0.1) is 11.3 Å². The molecule has 0 atom stereocenters. The molecule has 7 nitrogen and oxygen atoms in total. The number of carbonyl (C=O) groups is 2. The molecule has 1 amide bonds. The lowest BCUT2D eigenvalue weighted by atomic mass is 10.1. The lowest BCUT2D eigenvalue weighted by molar-refractivity contribution is -0.111. The molecular formula is C21H22N2O5S. The fourth-order valence-electron chi connectivity index (χ4n) is 2.52. The van der Waals surface area contributed by atoms with Crippen molar-refractivity contribution in [2.75, 3.05) is 25.6 Å². The minimum absolute atomic E-state index is 0.230. The van der Waals surface area contributed by atoms with Crippen molar-refractivity contribution in [3.8, 4) is 17.6 Å². The number of amides is 1. The van der Waals surface area contributed by atoms with Crippen molar-refractivity contribution < 1.29 is 23.8 Å². The van der Waals surface area contributed by atoms with Crippen LogP contribution in [-0.4, -0.2) is 32.2 Å². The zero-order chi connectivity index (χ0) is 21.4. The summed E-state index contributed by atoms with van der Waals surface area (Å²) < 4.78 is 15.8. The summed E-state index contributed by atoms with van der Waals surface area (Å²) in [5.74, 6) is 0.250. The summed E-state index contributed by atoms with van der Waals surface area (Å²) >= 11 is 1.02. The quantitative estimate of drug-likeness (QED) is 0.514. The molecular weight excluding hydrogens is 392 g/mol. The van der Waals surface area contributed by atoms with Crippen LogP contribution in [0.15, 0.2) is 24.3 Å². The second-order valence-corrected chi connectivity index (χ2v) is 6.78. The third kappa shape index (κ3) is 5.36. The third-order valence-electron chi connectivity index (χ3n) is 3.87. The minimum atomic E-state index is -0.510. The predicted octanol–water partition coefficient (Wildman–Crippen LogP) is 4.16. The highest BCUT2D eigenvalue weighted by Crippen LogP contribution is 2.33. The van der Waals surface area contributed by atoms with E-state index in [1.165, 1.54) is 6.08 Å². The number of benzene rings is 1. The Morgan fingerprint density at radius 1 is 1.24 bits per heavy atom. The molecule has 8 heteroatoms. The van der Waals surface area contributed by atoms with Gasteiger partial charge in [0.15, 0.2) is 11.5 Å². The Morgan fingerprint density at radius 3 is 2.62 bits per heavy atom. The van der Waals surface area contributed by atoms with E-state index in [2.05, 4.69) is 5.32 Å². The number of nitrogens with zero attached hydrogens (tertiary/aromatic N) is 1. The van der Waals surface area contributed by atoms with Crippen LogP contribution < -0.4 is 14.8 Å². The Balaban J connectivity index is 2.18. The second kappa shape index (κ2) is 10.3. The molecule has 1 aromatic carbocycles. The predicted molar refractivity (Wildman–Crippen MR) is 112 cm³/mol. The van der Waals surface area contributed by atoms with Gasteiger partial charge in [0.2, 0.25) is 5.91 Å². The standard InChI is InChI=1S/C21H22N2O5S/c1-5-27-16-9-7-14(11-17(16)26-4)8-10-18(24)23-20-15(12-22)13(3)19(29-20)21(25)28-6-2/h7-11H,5-6H2,1-4H3,(H,23,24)/b10-8+. The van der Waals surface area contributed by atoms with Gasteiger partial charge in [-0.25, -0.2) is 4.79 Å². The van der Waals surface area contributed by atoms with Gasteiger partial charge in [0.1, 0.15) is 15.9 Å². The van der Waals surface area contributed by atoms with Crippen molar-refractivity contribution in [3.63, 3.8) is 0 Å². The van der Waals surface area contributed by atoms with Crippen LogP contribution in [0.5, 0.6) is 11.5 Å². The number of carbonyl (C=O) groups excluding carboxylic acids is 2. The minimum Gasteiger partial charge on any atom is -0.493 e. The van der Waals surface area contributed by atoms with Gasteiger partial charge < -0.3 is 19.5 Å². The number of anilines is 1. The fraction of sp³-hybridized carbons (Fsp3) is 0.286. The number of esters is 1. The number of rotatable bonds is 8. The Morgan fingerprint density at radius 2 is 2.00 bits per heavy atom. The van der Waals surface area contributed by atoms with Gasteiger partial charge in [-0.1, -0.05) is 6.07 Å². The van der Waals surface area contributed by atoms with Gasteiger partial charge in [0, 0.05) is 6.08 Å². The molecule has 0 saturated carbocycles. The molecule has 0 aliphatic carbocycles. The molecule has 0 unspecified atom stereocenters. The van der Waals surface area contributed by atoms with Crippen LogP contribution >= 0.6 is 11.3 Å². The maximum atomic E-state index is 12.3. The van der Waals surface area contributed by atoms with Gasteiger partial charge in [0.05, 0.1) is 25.9 Å². The Bertz CT molecular complexity index is 972. The van der Waals surface area contributed by atoms with Gasteiger partial charge in [0.25, 0.3) is 0 Å². The van der Waals surface area contributed by atoms with Gasteiger partial charge in [-0.05, 0) is 50.1 Å². The van der Waals surface area contributed by atoms with E-state index >= 15 is 0 Å². The van der Waals surface area contributed by atoms with Gasteiger partial charge in [-0.3, -0.25) is 4.79 Å². The van der Waals surface area contributed by atoms with E-state index < -0.39 is 11.9 Å². The van der Waals surface area contributed by atoms with Crippen molar-refractivity contribution in [1.29, 1.82) is 5.26 Å². The normalized spacial score (nSPS) is 10.4. The molecule has 0 radical (unpaired) electrons. The van der Waals surface area contributed by atoms with Crippen LogP contribution in [0, 0.1) is 18.3 Å². The van der Waals surface area contributed by atoms with Crippen LogP contribution in [0.2, 0.25) is 0 Å². The molecule has 0 saturated heterocycles. The first-order valence-corrected chi connectivity index (χ1v) is 9.77. The first kappa shape index (κ1) is 22.0. The Hall–Kier alpha value is -3.31. The van der Waals surface area contributed by atoms with Crippen molar-refractivity contribution in [3.05, 3.63) is 45.8 Å². The Kier molecular flexibility index (Phi) is 7.80. The summed E-state index contributed by atoms with van der Waals surface area (Å²) in [4.78, 5) is 24.6. The number of hydrogen-bond donors (Lipinski definition) is 1. The number of nitriles is 1. The maximum Gasteiger partial charge on any atom is 0.348 e. The monoisotopic (exact) mass is 414 g/mol. The van der Waals surface area contributed by atoms with Gasteiger partial charge in [-0.2, -0.15) is 5.26 Å². The molecule has 1 heterocycles. The van der Waals surface area contributed by atoms with Crippen molar-refractivity contribution >= 4 is 34.3 Å². The average molecular weight is 414 g/mol.